The van der Waals surface area contributed by atoms with Crippen LogP contribution in [0.5, 0.6) is 0 Å². The lowest BCUT2D eigenvalue weighted by Crippen LogP contribution is -2.47. The fourth-order valence-electron chi connectivity index (χ4n) is 2.89. The van der Waals surface area contributed by atoms with Crippen LogP contribution in [-0.4, -0.2) is 56.2 Å². The lowest BCUT2D eigenvalue weighted by molar-refractivity contribution is 0.218. The Morgan fingerprint density at radius 3 is 2.84 bits per heavy atom. The van der Waals surface area contributed by atoms with Crippen LogP contribution in [0.15, 0.2) is 0 Å². The molecule has 0 spiro atoms. The van der Waals surface area contributed by atoms with Crippen LogP contribution in [0.1, 0.15) is 38.5 Å². The highest BCUT2D eigenvalue weighted by Gasteiger charge is 2.14. The second kappa shape index (κ2) is 8.38. The van der Waals surface area contributed by atoms with E-state index in [1.165, 1.54) is 45.2 Å². The molecule has 5 nitrogen and oxygen atoms in total. The van der Waals surface area contributed by atoms with Crippen LogP contribution in [0.25, 0.3) is 0 Å². The van der Waals surface area contributed by atoms with Crippen LogP contribution in [0, 0.1) is 0 Å². The Bertz CT molecular complexity index is 258. The molecule has 0 radical (unpaired) electrons. The molecule has 1 atom stereocenters. The lowest BCUT2D eigenvalue weighted by Gasteiger charge is -2.26. The quantitative estimate of drug-likeness (QED) is 0.710. The summed E-state index contributed by atoms with van der Waals surface area (Å²) in [5, 5.41) is 9.40. The number of amides is 2. The monoisotopic (exact) mass is 268 g/mol. The number of carbonyl (C=O) groups excluding carboxylic acids is 1. The zero-order chi connectivity index (χ0) is 13.3. The van der Waals surface area contributed by atoms with Crippen molar-refractivity contribution in [2.24, 2.45) is 0 Å². The molecule has 1 unspecified atom stereocenters. The van der Waals surface area contributed by atoms with E-state index < -0.39 is 0 Å². The largest absolute Gasteiger partial charge is 0.337 e. The van der Waals surface area contributed by atoms with Crippen LogP contribution in [0.3, 0.4) is 0 Å². The topological polar surface area (TPSA) is 56.4 Å². The Morgan fingerprint density at radius 2 is 2.00 bits per heavy atom. The number of carbonyl (C=O) groups is 1. The van der Waals surface area contributed by atoms with Gasteiger partial charge < -0.3 is 20.9 Å². The minimum absolute atomic E-state index is 0.00860. The third kappa shape index (κ3) is 5.78. The summed E-state index contributed by atoms with van der Waals surface area (Å²) in [4.78, 5) is 14.2. The molecule has 2 heterocycles. The zero-order valence-corrected chi connectivity index (χ0v) is 11.9. The second-order valence-corrected chi connectivity index (χ2v) is 5.70. The first-order chi connectivity index (χ1) is 9.34. The van der Waals surface area contributed by atoms with E-state index in [0.29, 0.717) is 0 Å². The normalized spacial score (nSPS) is 25.6. The number of urea groups is 1. The van der Waals surface area contributed by atoms with Gasteiger partial charge in [0, 0.05) is 25.7 Å². The van der Waals surface area contributed by atoms with Gasteiger partial charge in [-0.3, -0.25) is 0 Å². The number of nitrogens with one attached hydrogen (secondary N) is 3. The standard InChI is InChI=1S/C14H28N4O/c19-14(17-13-6-2-3-7-15-12-13)16-8-11-18-9-4-1-5-10-18/h13,15H,1-12H2,(H2,16,17,19). The summed E-state index contributed by atoms with van der Waals surface area (Å²) in [6.07, 6.45) is 7.48. The molecule has 5 heteroatoms. The maximum Gasteiger partial charge on any atom is 0.315 e. The highest BCUT2D eigenvalue weighted by molar-refractivity contribution is 5.74. The Labute approximate surface area is 116 Å². The van der Waals surface area contributed by atoms with Gasteiger partial charge in [0.25, 0.3) is 0 Å². The fraction of sp³-hybridized carbons (Fsp3) is 0.929. The zero-order valence-electron chi connectivity index (χ0n) is 11.9. The molecular weight excluding hydrogens is 240 g/mol. The lowest BCUT2D eigenvalue weighted by atomic mass is 10.1. The molecule has 2 rings (SSSR count). The van der Waals surface area contributed by atoms with Gasteiger partial charge in [0.05, 0.1) is 0 Å². The molecule has 0 aromatic rings. The van der Waals surface area contributed by atoms with Gasteiger partial charge in [-0.05, 0) is 45.3 Å². The van der Waals surface area contributed by atoms with Gasteiger partial charge in [0.15, 0.2) is 0 Å². The SMILES string of the molecule is O=C(NCCN1CCCCC1)NC1CCCCNC1. The summed E-state index contributed by atoms with van der Waals surface area (Å²) in [5.41, 5.74) is 0. The first kappa shape index (κ1) is 14.6. The van der Waals surface area contributed by atoms with Gasteiger partial charge in [-0.1, -0.05) is 12.8 Å². The third-order valence-corrected chi connectivity index (χ3v) is 4.04. The molecule has 0 bridgehead atoms. The van der Waals surface area contributed by atoms with Crippen molar-refractivity contribution in [1.29, 1.82) is 0 Å². The van der Waals surface area contributed by atoms with Gasteiger partial charge in [0.1, 0.15) is 0 Å². The van der Waals surface area contributed by atoms with Crippen LogP contribution in [0.2, 0.25) is 0 Å². The van der Waals surface area contributed by atoms with E-state index in [4.69, 9.17) is 0 Å². The number of likely N-dealkylation sites (tertiary alicyclic amines) is 1. The minimum Gasteiger partial charge on any atom is -0.337 e. The molecule has 0 aromatic carbocycles. The van der Waals surface area contributed by atoms with Crippen molar-refractivity contribution in [3.8, 4) is 0 Å². The van der Waals surface area contributed by atoms with E-state index in [0.717, 1.165) is 32.6 Å². The smallest absolute Gasteiger partial charge is 0.315 e. The van der Waals surface area contributed by atoms with E-state index in [2.05, 4.69) is 20.9 Å². The van der Waals surface area contributed by atoms with Crippen molar-refractivity contribution in [3.63, 3.8) is 0 Å². The molecule has 110 valence electrons. The Hall–Kier alpha value is -0.810. The molecule has 3 N–H and O–H groups in total. The highest BCUT2D eigenvalue weighted by Crippen LogP contribution is 2.07. The average molecular weight is 268 g/mol. The van der Waals surface area contributed by atoms with E-state index >= 15 is 0 Å². The van der Waals surface area contributed by atoms with E-state index in [1.807, 2.05) is 0 Å². The summed E-state index contributed by atoms with van der Waals surface area (Å²) in [7, 11) is 0. The molecule has 2 aliphatic heterocycles. The molecule has 19 heavy (non-hydrogen) atoms. The van der Waals surface area contributed by atoms with E-state index in [9.17, 15) is 4.79 Å². The maximum atomic E-state index is 11.8. The summed E-state index contributed by atoms with van der Waals surface area (Å²) < 4.78 is 0. The number of hydrogen-bond acceptors (Lipinski definition) is 3. The summed E-state index contributed by atoms with van der Waals surface area (Å²) >= 11 is 0. The van der Waals surface area contributed by atoms with Crippen molar-refractivity contribution in [2.75, 3.05) is 39.3 Å². The Morgan fingerprint density at radius 1 is 1.16 bits per heavy atom. The van der Waals surface area contributed by atoms with Crippen molar-refractivity contribution >= 4 is 6.03 Å². The highest BCUT2D eigenvalue weighted by atomic mass is 16.2. The van der Waals surface area contributed by atoms with Crippen LogP contribution < -0.4 is 16.0 Å². The molecule has 0 aliphatic carbocycles. The summed E-state index contributed by atoms with van der Waals surface area (Å²) in [5.74, 6) is 0. The molecule has 2 fully saturated rings. The fourth-order valence-corrected chi connectivity index (χ4v) is 2.89. The number of piperidine rings is 1. The first-order valence-corrected chi connectivity index (χ1v) is 7.82. The van der Waals surface area contributed by atoms with Crippen molar-refractivity contribution in [1.82, 2.24) is 20.9 Å². The van der Waals surface area contributed by atoms with Crippen molar-refractivity contribution < 1.29 is 4.79 Å². The van der Waals surface area contributed by atoms with Crippen LogP contribution in [0.4, 0.5) is 4.79 Å². The van der Waals surface area contributed by atoms with Gasteiger partial charge in [-0.2, -0.15) is 0 Å². The van der Waals surface area contributed by atoms with E-state index in [1.54, 1.807) is 0 Å². The van der Waals surface area contributed by atoms with Gasteiger partial charge in [-0.25, -0.2) is 4.79 Å². The molecule has 2 amide bonds. The van der Waals surface area contributed by atoms with E-state index in [-0.39, 0.29) is 12.1 Å². The third-order valence-electron chi connectivity index (χ3n) is 4.04. The Kier molecular flexibility index (Phi) is 6.44. The molecule has 2 aliphatic rings. The van der Waals surface area contributed by atoms with Gasteiger partial charge in [-0.15, -0.1) is 0 Å². The summed E-state index contributed by atoms with van der Waals surface area (Å²) in [6, 6.07) is 0.281. The van der Waals surface area contributed by atoms with Crippen molar-refractivity contribution in [2.45, 2.75) is 44.6 Å². The van der Waals surface area contributed by atoms with Gasteiger partial charge >= 0.3 is 6.03 Å². The average Bonchev–Trinajstić information content (AvgIpc) is 2.68. The predicted molar refractivity (Wildman–Crippen MR) is 77.3 cm³/mol. The number of nitrogens with zero attached hydrogens (tertiary/aromatic N) is 1. The molecular formula is C14H28N4O. The predicted octanol–water partition coefficient (Wildman–Crippen LogP) is 0.914. The molecule has 2 saturated heterocycles. The molecule has 0 saturated carbocycles. The van der Waals surface area contributed by atoms with Gasteiger partial charge in [0.2, 0.25) is 0 Å². The number of rotatable bonds is 4. The molecule has 0 aromatic heterocycles. The van der Waals surface area contributed by atoms with Crippen molar-refractivity contribution in [3.05, 3.63) is 0 Å². The second-order valence-electron chi connectivity index (χ2n) is 5.70. The maximum absolute atomic E-state index is 11.8. The number of hydrogen-bond donors (Lipinski definition) is 3. The summed E-state index contributed by atoms with van der Waals surface area (Å²) in [6.45, 7) is 6.10. The first-order valence-electron chi connectivity index (χ1n) is 7.82. The van der Waals surface area contributed by atoms with Crippen LogP contribution in [-0.2, 0) is 0 Å². The Balaban J connectivity index is 1.55. The van der Waals surface area contributed by atoms with Crippen LogP contribution >= 0.6 is 0 Å². The minimum atomic E-state index is -0.00860.